The van der Waals surface area contributed by atoms with Crippen LogP contribution in [-0.2, 0) is 14.3 Å². The predicted molar refractivity (Wildman–Crippen MR) is 132 cm³/mol. The number of urea groups is 1. The summed E-state index contributed by atoms with van der Waals surface area (Å²) in [7, 11) is 0. The van der Waals surface area contributed by atoms with E-state index < -0.39 is 29.8 Å². The molecule has 2 saturated heterocycles. The molecule has 4 rings (SSSR count). The minimum atomic E-state index is -1.06. The van der Waals surface area contributed by atoms with Gasteiger partial charge in [0.2, 0.25) is 11.8 Å². The van der Waals surface area contributed by atoms with Crippen molar-refractivity contribution in [3.63, 3.8) is 0 Å². The predicted octanol–water partition coefficient (Wildman–Crippen LogP) is 2.47. The van der Waals surface area contributed by atoms with E-state index in [0.717, 1.165) is 25.7 Å². The Kier molecular flexibility index (Phi) is 8.40. The molecule has 0 bridgehead atoms. The summed E-state index contributed by atoms with van der Waals surface area (Å²) in [5, 5.41) is 5.60. The van der Waals surface area contributed by atoms with E-state index in [2.05, 4.69) is 27.5 Å². The average Bonchev–Trinajstić information content (AvgIpc) is 3.34. The number of hydrogen-bond acceptors (Lipinski definition) is 5. The number of aromatic nitrogens is 2. The van der Waals surface area contributed by atoms with E-state index in [0.29, 0.717) is 44.2 Å². The molecule has 0 spiro atoms. The maximum atomic E-state index is 14.1. The van der Waals surface area contributed by atoms with Gasteiger partial charge in [-0.25, -0.2) is 14.2 Å². The highest BCUT2D eigenvalue weighted by atomic mass is 19.1. The molecule has 2 aliphatic heterocycles. The van der Waals surface area contributed by atoms with Crippen LogP contribution in [0.5, 0.6) is 0 Å². The Balaban J connectivity index is 1.48. The number of carbonyl (C=O) groups excluding carboxylic acids is 3. The number of benzene rings is 1. The molecular formula is C25H35FN6O4. The molecule has 3 N–H and O–H groups in total. The number of imidazole rings is 1. The standard InChI is InChI=1S/C25H35FN6O4/c1-3-17-7-4-5-10-32(17)21(33)15-20(29-25(35)31-11-13-36-14-12-31)24(34)27-16(2)23-28-19-9-6-8-18(26)22(19)30-23/h6,8-9,16-17,20H,3-5,7,10-15H2,1-2H3,(H,27,34)(H,28,30)(H,29,35)/t16?,17-,20?/m0/s1. The largest absolute Gasteiger partial charge is 0.378 e. The van der Waals surface area contributed by atoms with Gasteiger partial charge in [-0.3, -0.25) is 9.59 Å². The Labute approximate surface area is 209 Å². The lowest BCUT2D eigenvalue weighted by Crippen LogP contribution is -2.55. The van der Waals surface area contributed by atoms with Gasteiger partial charge >= 0.3 is 6.03 Å². The number of piperidine rings is 1. The Morgan fingerprint density at radius 2 is 1.97 bits per heavy atom. The average molecular weight is 503 g/mol. The first-order valence-corrected chi connectivity index (χ1v) is 12.7. The van der Waals surface area contributed by atoms with E-state index in [4.69, 9.17) is 4.74 Å². The van der Waals surface area contributed by atoms with E-state index in [9.17, 15) is 18.8 Å². The van der Waals surface area contributed by atoms with Crippen LogP contribution in [0.25, 0.3) is 11.0 Å². The zero-order valence-corrected chi connectivity index (χ0v) is 20.9. The Bertz CT molecular complexity index is 1090. The second-order valence-corrected chi connectivity index (χ2v) is 9.44. The highest BCUT2D eigenvalue weighted by Gasteiger charge is 2.32. The van der Waals surface area contributed by atoms with Crippen LogP contribution in [0.15, 0.2) is 18.2 Å². The van der Waals surface area contributed by atoms with Crippen LogP contribution < -0.4 is 10.6 Å². The summed E-state index contributed by atoms with van der Waals surface area (Å²) in [4.78, 5) is 50.2. The summed E-state index contributed by atoms with van der Waals surface area (Å²) < 4.78 is 19.4. The molecule has 0 saturated carbocycles. The monoisotopic (exact) mass is 502 g/mol. The maximum absolute atomic E-state index is 14.1. The van der Waals surface area contributed by atoms with Gasteiger partial charge in [0.15, 0.2) is 5.82 Å². The number of fused-ring (bicyclic) bond motifs is 1. The number of ether oxygens (including phenoxy) is 1. The lowest BCUT2D eigenvalue weighted by atomic mass is 9.99. The van der Waals surface area contributed by atoms with Crippen molar-refractivity contribution in [1.82, 2.24) is 30.4 Å². The quantitative estimate of drug-likeness (QED) is 0.537. The molecule has 4 amide bonds. The molecule has 36 heavy (non-hydrogen) atoms. The highest BCUT2D eigenvalue weighted by molar-refractivity contribution is 5.92. The molecule has 10 nitrogen and oxygen atoms in total. The van der Waals surface area contributed by atoms with Crippen molar-refractivity contribution in [3.05, 3.63) is 29.8 Å². The van der Waals surface area contributed by atoms with Gasteiger partial charge in [-0.2, -0.15) is 0 Å². The summed E-state index contributed by atoms with van der Waals surface area (Å²) in [6.45, 7) is 6.11. The number of halogens is 1. The third-order valence-electron chi connectivity index (χ3n) is 6.96. The first kappa shape index (κ1) is 25.9. The number of amides is 4. The Morgan fingerprint density at radius 3 is 2.69 bits per heavy atom. The second-order valence-electron chi connectivity index (χ2n) is 9.44. The molecule has 3 heterocycles. The SMILES string of the molecule is CC[C@H]1CCCCN1C(=O)CC(NC(=O)N1CCOCC1)C(=O)NC(C)c1nc2c(F)cccc2[nH]1. The Morgan fingerprint density at radius 1 is 1.19 bits per heavy atom. The molecule has 3 atom stereocenters. The van der Waals surface area contributed by atoms with E-state index in [1.807, 2.05) is 4.90 Å². The molecule has 2 aromatic rings. The van der Waals surface area contributed by atoms with Crippen LogP contribution in [0.2, 0.25) is 0 Å². The fraction of sp³-hybridized carbons (Fsp3) is 0.600. The first-order chi connectivity index (χ1) is 17.4. The van der Waals surface area contributed by atoms with E-state index >= 15 is 0 Å². The minimum absolute atomic E-state index is 0.139. The van der Waals surface area contributed by atoms with Crippen LogP contribution in [0.1, 0.15) is 57.8 Å². The van der Waals surface area contributed by atoms with Gasteiger partial charge in [0, 0.05) is 25.7 Å². The van der Waals surface area contributed by atoms with Gasteiger partial charge < -0.3 is 30.2 Å². The van der Waals surface area contributed by atoms with Crippen LogP contribution >= 0.6 is 0 Å². The third kappa shape index (κ3) is 5.95. The summed E-state index contributed by atoms with van der Waals surface area (Å²) >= 11 is 0. The molecule has 11 heteroatoms. The van der Waals surface area contributed by atoms with Gasteiger partial charge in [0.05, 0.1) is 31.2 Å². The van der Waals surface area contributed by atoms with E-state index in [-0.39, 0.29) is 23.9 Å². The lowest BCUT2D eigenvalue weighted by Gasteiger charge is -2.36. The number of likely N-dealkylation sites (tertiary alicyclic amines) is 1. The van der Waals surface area contributed by atoms with Crippen molar-refractivity contribution in [2.45, 2.75) is 64.1 Å². The number of H-pyrrole nitrogens is 1. The number of morpholine rings is 1. The fourth-order valence-electron chi connectivity index (χ4n) is 4.86. The number of nitrogens with one attached hydrogen (secondary N) is 3. The number of para-hydroxylation sites is 1. The fourth-order valence-corrected chi connectivity index (χ4v) is 4.86. The van der Waals surface area contributed by atoms with Crippen molar-refractivity contribution in [3.8, 4) is 0 Å². The van der Waals surface area contributed by atoms with Crippen LogP contribution in [-0.4, -0.2) is 82.5 Å². The van der Waals surface area contributed by atoms with Crippen LogP contribution in [0.4, 0.5) is 9.18 Å². The Hall–Kier alpha value is -3.21. The minimum Gasteiger partial charge on any atom is -0.378 e. The summed E-state index contributed by atoms with van der Waals surface area (Å²) in [6, 6.07) is 2.69. The number of carbonyl (C=O) groups is 3. The first-order valence-electron chi connectivity index (χ1n) is 12.7. The normalized spacial score (nSPS) is 20.1. The molecule has 1 aromatic carbocycles. The molecule has 0 aliphatic carbocycles. The van der Waals surface area contributed by atoms with Crippen LogP contribution in [0, 0.1) is 5.82 Å². The zero-order valence-electron chi connectivity index (χ0n) is 20.9. The van der Waals surface area contributed by atoms with Gasteiger partial charge in [0.25, 0.3) is 0 Å². The third-order valence-corrected chi connectivity index (χ3v) is 6.96. The number of aromatic amines is 1. The number of rotatable bonds is 7. The van der Waals surface area contributed by atoms with E-state index in [1.54, 1.807) is 24.0 Å². The molecule has 1 aromatic heterocycles. The van der Waals surface area contributed by atoms with Crippen LogP contribution in [0.3, 0.4) is 0 Å². The molecule has 2 fully saturated rings. The van der Waals surface area contributed by atoms with E-state index in [1.165, 1.54) is 6.07 Å². The topological polar surface area (TPSA) is 120 Å². The lowest BCUT2D eigenvalue weighted by molar-refractivity contribution is -0.138. The van der Waals surface area contributed by atoms with Gasteiger partial charge in [0.1, 0.15) is 17.4 Å². The van der Waals surface area contributed by atoms with Crippen molar-refractivity contribution in [2.24, 2.45) is 0 Å². The zero-order chi connectivity index (χ0) is 25.7. The van der Waals surface area contributed by atoms with Crippen molar-refractivity contribution in [2.75, 3.05) is 32.8 Å². The second kappa shape index (κ2) is 11.7. The summed E-state index contributed by atoms with van der Waals surface area (Å²) in [5.74, 6) is -0.720. The molecule has 2 aliphatic rings. The summed E-state index contributed by atoms with van der Waals surface area (Å²) in [6.07, 6.45) is 3.66. The van der Waals surface area contributed by atoms with Gasteiger partial charge in [-0.1, -0.05) is 13.0 Å². The highest BCUT2D eigenvalue weighted by Crippen LogP contribution is 2.22. The number of hydrogen-bond donors (Lipinski definition) is 3. The molecule has 0 radical (unpaired) electrons. The molecular weight excluding hydrogens is 467 g/mol. The van der Waals surface area contributed by atoms with Crippen molar-refractivity contribution in [1.29, 1.82) is 0 Å². The smallest absolute Gasteiger partial charge is 0.318 e. The number of nitrogens with zero attached hydrogens (tertiary/aromatic N) is 3. The molecule has 196 valence electrons. The maximum Gasteiger partial charge on any atom is 0.318 e. The molecule has 2 unspecified atom stereocenters. The van der Waals surface area contributed by atoms with Crippen molar-refractivity contribution >= 4 is 28.9 Å². The van der Waals surface area contributed by atoms with Gasteiger partial charge in [-0.15, -0.1) is 0 Å². The summed E-state index contributed by atoms with van der Waals surface area (Å²) in [5.41, 5.74) is 0.714. The van der Waals surface area contributed by atoms with Gasteiger partial charge in [-0.05, 0) is 44.7 Å². The van der Waals surface area contributed by atoms with Crippen molar-refractivity contribution < 1.29 is 23.5 Å².